The predicted molar refractivity (Wildman–Crippen MR) is 131 cm³/mol. The van der Waals surface area contributed by atoms with Crippen molar-refractivity contribution >= 4 is 39.2 Å². The third-order valence-corrected chi connectivity index (χ3v) is 7.38. The lowest BCUT2D eigenvalue weighted by atomic mass is 9.71. The van der Waals surface area contributed by atoms with E-state index >= 15 is 0 Å². The first kappa shape index (κ1) is 25.8. The highest BCUT2D eigenvalue weighted by Crippen LogP contribution is 2.40. The molecule has 33 heavy (non-hydrogen) atoms. The second-order valence-electron chi connectivity index (χ2n) is 8.49. The van der Waals surface area contributed by atoms with Crippen molar-refractivity contribution in [3.8, 4) is 5.75 Å². The Morgan fingerprint density at radius 1 is 1.15 bits per heavy atom. The molecule has 1 aliphatic heterocycles. The molecule has 0 bridgehead atoms. The molecular weight excluding hydrogens is 485 g/mol. The molecule has 6 nitrogen and oxygen atoms in total. The van der Waals surface area contributed by atoms with Crippen LogP contribution in [-0.4, -0.2) is 52.3 Å². The Balaban J connectivity index is 1.80. The van der Waals surface area contributed by atoms with E-state index in [1.165, 1.54) is 0 Å². The molecule has 1 unspecified atom stereocenters. The van der Waals surface area contributed by atoms with E-state index in [2.05, 4.69) is 0 Å². The predicted octanol–water partition coefficient (Wildman–Crippen LogP) is 4.86. The van der Waals surface area contributed by atoms with E-state index in [9.17, 15) is 13.2 Å². The van der Waals surface area contributed by atoms with Crippen LogP contribution in [0.4, 0.5) is 0 Å². The van der Waals surface area contributed by atoms with Gasteiger partial charge < -0.3 is 9.64 Å². The number of benzene rings is 2. The number of rotatable bonds is 9. The van der Waals surface area contributed by atoms with E-state index in [1.54, 1.807) is 13.2 Å². The van der Waals surface area contributed by atoms with Crippen molar-refractivity contribution in [2.24, 2.45) is 0 Å². The van der Waals surface area contributed by atoms with Crippen LogP contribution in [0.5, 0.6) is 5.75 Å². The fraction of sp³-hybridized carbons (Fsp3) is 0.458. The number of methoxy groups -OCH3 is 1. The maximum Gasteiger partial charge on any atom is 0.264 e. The van der Waals surface area contributed by atoms with Crippen LogP contribution in [0.25, 0.3) is 0 Å². The Morgan fingerprint density at radius 3 is 2.64 bits per heavy atom. The van der Waals surface area contributed by atoms with Crippen LogP contribution in [0, 0.1) is 0 Å². The number of likely N-dealkylation sites (tertiary alicyclic amines) is 1. The first-order chi connectivity index (χ1) is 15.6. The monoisotopic (exact) mass is 513 g/mol. The van der Waals surface area contributed by atoms with E-state index in [1.807, 2.05) is 41.3 Å². The second-order valence-corrected chi connectivity index (χ2v) is 10.9. The first-order valence-corrected chi connectivity index (χ1v) is 13.4. The average Bonchev–Trinajstić information content (AvgIpc) is 2.78. The van der Waals surface area contributed by atoms with Crippen molar-refractivity contribution in [3.05, 3.63) is 63.6 Å². The molecule has 0 spiro atoms. The SMILES string of the molecule is COc1cccc(CC(=O)N2CCCC(CCCOS(C)(=O)=O)(c3ccc(Cl)c(Cl)c3)C2)c1. The number of amides is 1. The minimum absolute atomic E-state index is 0.0415. The standard InChI is InChI=1S/C24H29Cl2NO5S/c1-31-20-7-3-6-18(14-20)15-23(28)27-12-4-10-24(17-27,11-5-13-32-33(2,29)30)19-8-9-21(25)22(26)16-19/h3,6-9,14,16H,4-5,10-13,15,17H2,1-2H3. The number of nitrogens with zero attached hydrogens (tertiary/aromatic N) is 1. The normalized spacial score (nSPS) is 18.8. The summed E-state index contributed by atoms with van der Waals surface area (Å²) in [5.41, 5.74) is 1.53. The summed E-state index contributed by atoms with van der Waals surface area (Å²) >= 11 is 12.5. The van der Waals surface area contributed by atoms with Crippen LogP contribution in [0.1, 0.15) is 36.8 Å². The van der Waals surface area contributed by atoms with Gasteiger partial charge in [0.2, 0.25) is 5.91 Å². The molecule has 180 valence electrons. The Bertz CT molecular complexity index is 1090. The summed E-state index contributed by atoms with van der Waals surface area (Å²) < 4.78 is 32.9. The number of piperidine rings is 1. The van der Waals surface area contributed by atoms with Gasteiger partial charge in [-0.3, -0.25) is 8.98 Å². The van der Waals surface area contributed by atoms with Gasteiger partial charge in [0, 0.05) is 18.5 Å². The number of halogens is 2. The van der Waals surface area contributed by atoms with Crippen molar-refractivity contribution in [1.29, 1.82) is 0 Å². The third-order valence-electron chi connectivity index (χ3n) is 6.05. The molecule has 1 atom stereocenters. The molecule has 0 radical (unpaired) electrons. The summed E-state index contributed by atoms with van der Waals surface area (Å²) in [6, 6.07) is 13.1. The molecule has 1 saturated heterocycles. The Morgan fingerprint density at radius 2 is 1.94 bits per heavy atom. The van der Waals surface area contributed by atoms with Gasteiger partial charge in [0.15, 0.2) is 0 Å². The summed E-state index contributed by atoms with van der Waals surface area (Å²) in [5.74, 6) is 0.759. The van der Waals surface area contributed by atoms with E-state index in [4.69, 9.17) is 32.1 Å². The second kappa shape index (κ2) is 11.1. The van der Waals surface area contributed by atoms with Gasteiger partial charge in [0.05, 0.1) is 36.4 Å². The smallest absolute Gasteiger partial charge is 0.264 e. The van der Waals surface area contributed by atoms with E-state index in [-0.39, 0.29) is 24.3 Å². The van der Waals surface area contributed by atoms with Crippen molar-refractivity contribution in [2.45, 2.75) is 37.5 Å². The molecule has 9 heteroatoms. The Hall–Kier alpha value is -1.80. The van der Waals surface area contributed by atoms with Crippen molar-refractivity contribution in [2.75, 3.05) is 33.1 Å². The van der Waals surface area contributed by atoms with Crippen LogP contribution in [0.2, 0.25) is 10.0 Å². The Labute approximate surface area is 205 Å². The molecule has 1 amide bonds. The highest BCUT2D eigenvalue weighted by molar-refractivity contribution is 7.85. The first-order valence-electron chi connectivity index (χ1n) is 10.8. The molecule has 1 aliphatic rings. The van der Waals surface area contributed by atoms with Crippen molar-refractivity contribution in [1.82, 2.24) is 4.90 Å². The van der Waals surface area contributed by atoms with Gasteiger partial charge in [-0.2, -0.15) is 8.42 Å². The van der Waals surface area contributed by atoms with Crippen LogP contribution in [0.15, 0.2) is 42.5 Å². The molecule has 2 aromatic carbocycles. The van der Waals surface area contributed by atoms with Crippen molar-refractivity contribution in [3.63, 3.8) is 0 Å². The lowest BCUT2D eigenvalue weighted by Gasteiger charge is -2.44. The Kier molecular flexibility index (Phi) is 8.67. The zero-order valence-electron chi connectivity index (χ0n) is 18.9. The van der Waals surface area contributed by atoms with Crippen LogP contribution in [-0.2, 0) is 30.9 Å². The minimum atomic E-state index is -3.50. The zero-order chi connectivity index (χ0) is 24.1. The number of hydrogen-bond donors (Lipinski definition) is 0. The third kappa shape index (κ3) is 7.09. The van der Waals surface area contributed by atoms with Gasteiger partial charge in [0.1, 0.15) is 5.75 Å². The highest BCUT2D eigenvalue weighted by atomic mass is 35.5. The van der Waals surface area contributed by atoms with Crippen LogP contribution >= 0.6 is 23.2 Å². The molecule has 0 saturated carbocycles. The van der Waals surface area contributed by atoms with E-state index in [0.717, 1.165) is 36.0 Å². The number of ether oxygens (including phenoxy) is 1. The highest BCUT2D eigenvalue weighted by Gasteiger charge is 2.38. The van der Waals surface area contributed by atoms with Gasteiger partial charge >= 0.3 is 0 Å². The minimum Gasteiger partial charge on any atom is -0.497 e. The van der Waals surface area contributed by atoms with Gasteiger partial charge in [0.25, 0.3) is 10.1 Å². The fourth-order valence-electron chi connectivity index (χ4n) is 4.44. The van der Waals surface area contributed by atoms with Crippen LogP contribution in [0.3, 0.4) is 0 Å². The number of carbonyl (C=O) groups is 1. The summed E-state index contributed by atoms with van der Waals surface area (Å²) in [6.45, 7) is 1.29. The summed E-state index contributed by atoms with van der Waals surface area (Å²) in [5, 5.41) is 0.929. The maximum atomic E-state index is 13.2. The molecule has 0 N–H and O–H groups in total. The fourth-order valence-corrected chi connectivity index (χ4v) is 5.16. The summed E-state index contributed by atoms with van der Waals surface area (Å²) in [6.07, 6.45) is 4.20. The number of hydrogen-bond acceptors (Lipinski definition) is 5. The molecule has 2 aromatic rings. The maximum absolute atomic E-state index is 13.2. The van der Waals surface area contributed by atoms with E-state index in [0.29, 0.717) is 36.0 Å². The quantitative estimate of drug-likeness (QED) is 0.353. The van der Waals surface area contributed by atoms with Gasteiger partial charge in [-0.05, 0) is 61.1 Å². The molecule has 1 heterocycles. The zero-order valence-corrected chi connectivity index (χ0v) is 21.2. The van der Waals surface area contributed by atoms with Gasteiger partial charge in [-0.1, -0.05) is 41.4 Å². The molecule has 1 fully saturated rings. The summed E-state index contributed by atoms with van der Waals surface area (Å²) in [4.78, 5) is 15.1. The lowest BCUT2D eigenvalue weighted by molar-refractivity contribution is -0.132. The number of carbonyl (C=O) groups excluding carboxylic acids is 1. The molecule has 0 aromatic heterocycles. The van der Waals surface area contributed by atoms with Gasteiger partial charge in [-0.15, -0.1) is 0 Å². The molecule has 3 rings (SSSR count). The largest absolute Gasteiger partial charge is 0.497 e. The van der Waals surface area contributed by atoms with Gasteiger partial charge in [-0.25, -0.2) is 0 Å². The van der Waals surface area contributed by atoms with Crippen LogP contribution < -0.4 is 4.74 Å². The topological polar surface area (TPSA) is 72.9 Å². The molecule has 0 aliphatic carbocycles. The van der Waals surface area contributed by atoms with Crippen molar-refractivity contribution < 1.29 is 22.1 Å². The van der Waals surface area contributed by atoms with E-state index < -0.39 is 10.1 Å². The summed E-state index contributed by atoms with van der Waals surface area (Å²) in [7, 11) is -1.90. The lowest BCUT2D eigenvalue weighted by Crippen LogP contribution is -2.49. The molecular formula is C24H29Cl2NO5S. The average molecular weight is 514 g/mol.